The first-order valence-electron chi connectivity index (χ1n) is 12.0. The predicted octanol–water partition coefficient (Wildman–Crippen LogP) is 8.60. The Hall–Kier alpha value is -2.75. The van der Waals surface area contributed by atoms with Gasteiger partial charge in [-0.3, -0.25) is 0 Å². The Morgan fingerprint density at radius 1 is 0.853 bits per heavy atom. The number of H-pyrrole nitrogens is 1. The Morgan fingerprint density at radius 2 is 1.59 bits per heavy atom. The molecule has 5 heteroatoms. The molecule has 3 nitrogen and oxygen atoms in total. The summed E-state index contributed by atoms with van der Waals surface area (Å²) in [6.07, 6.45) is 9.13. The minimum Gasteiger partial charge on any atom is -0.493 e. The van der Waals surface area contributed by atoms with E-state index >= 15 is 0 Å². The fraction of sp³-hybridized carbons (Fsp3) is 0.276. The largest absolute Gasteiger partial charge is 0.493 e. The molecule has 1 heterocycles. The molecule has 0 atom stereocenters. The minimum atomic E-state index is 0.608. The molecular formula is C29H28Cl2N2O. The van der Waals surface area contributed by atoms with E-state index in [-0.39, 0.29) is 0 Å². The first-order chi connectivity index (χ1) is 16.7. The lowest BCUT2D eigenvalue weighted by atomic mass is 9.90. The van der Waals surface area contributed by atoms with Crippen molar-refractivity contribution in [3.8, 4) is 28.1 Å². The third-order valence-corrected chi connectivity index (χ3v) is 7.19. The summed E-state index contributed by atoms with van der Waals surface area (Å²) in [6.45, 7) is 0.826. The van der Waals surface area contributed by atoms with Gasteiger partial charge >= 0.3 is 0 Å². The van der Waals surface area contributed by atoms with E-state index in [1.165, 1.54) is 48.8 Å². The number of benzene rings is 3. The summed E-state index contributed by atoms with van der Waals surface area (Å²) in [5, 5.41) is 1.22. The van der Waals surface area contributed by atoms with Crippen molar-refractivity contribution in [3.05, 3.63) is 94.4 Å². The van der Waals surface area contributed by atoms with E-state index in [1.807, 2.05) is 18.2 Å². The van der Waals surface area contributed by atoms with Gasteiger partial charge in [-0.25, -0.2) is 4.98 Å². The molecule has 0 bridgehead atoms. The average molecular weight is 491 g/mol. The zero-order valence-electron chi connectivity index (χ0n) is 19.1. The third kappa shape index (κ3) is 5.48. The maximum Gasteiger partial charge on any atom is 0.119 e. The highest BCUT2D eigenvalue weighted by molar-refractivity contribution is 6.39. The van der Waals surface area contributed by atoms with Crippen molar-refractivity contribution < 1.29 is 4.74 Å². The third-order valence-electron chi connectivity index (χ3n) is 6.56. The number of hydrogen-bond acceptors (Lipinski definition) is 2. The number of nitrogens with zero attached hydrogens (tertiary/aromatic N) is 1. The molecule has 5 rings (SSSR count). The molecular weight excluding hydrogens is 463 g/mol. The Labute approximate surface area is 211 Å². The highest BCUT2D eigenvalue weighted by Crippen LogP contribution is 2.33. The van der Waals surface area contributed by atoms with E-state index in [0.717, 1.165) is 29.4 Å². The number of aromatic nitrogens is 2. The monoisotopic (exact) mass is 490 g/mol. The molecule has 0 saturated heterocycles. The Morgan fingerprint density at radius 3 is 2.35 bits per heavy atom. The van der Waals surface area contributed by atoms with E-state index in [4.69, 9.17) is 27.9 Å². The van der Waals surface area contributed by atoms with Crippen LogP contribution in [0.15, 0.2) is 72.9 Å². The standard InChI is InChI=1S/C29H28Cl2N2O/c30-25-10-5-11-26(31)29(25)27-18-32-28(33-27)16-20-12-14-22(15-13-20)23-8-4-9-24(17-23)34-19-21-6-2-1-3-7-21/h4-5,8-15,17-18,21H,1-3,6-7,16,19H2,(H,32,33). The Kier molecular flexibility index (Phi) is 7.22. The lowest BCUT2D eigenvalue weighted by molar-refractivity contribution is 0.209. The van der Waals surface area contributed by atoms with Crippen LogP contribution < -0.4 is 4.74 Å². The predicted molar refractivity (Wildman–Crippen MR) is 141 cm³/mol. The zero-order valence-corrected chi connectivity index (χ0v) is 20.6. The second-order valence-corrected chi connectivity index (χ2v) is 9.87. The smallest absolute Gasteiger partial charge is 0.119 e. The second-order valence-electron chi connectivity index (χ2n) is 9.06. The van der Waals surface area contributed by atoms with Crippen LogP contribution in [0.4, 0.5) is 0 Å². The summed E-state index contributed by atoms with van der Waals surface area (Å²) in [5.74, 6) is 2.53. The molecule has 1 saturated carbocycles. The first-order valence-corrected chi connectivity index (χ1v) is 12.7. The van der Waals surface area contributed by atoms with Crippen molar-refractivity contribution >= 4 is 23.2 Å². The summed E-state index contributed by atoms with van der Waals surface area (Å²) >= 11 is 12.7. The SMILES string of the molecule is Clc1cccc(Cl)c1-c1cnc(Cc2ccc(-c3cccc(OCC4CCCCC4)c3)cc2)[nH]1. The van der Waals surface area contributed by atoms with Crippen LogP contribution in [0.3, 0.4) is 0 Å². The van der Waals surface area contributed by atoms with Crippen molar-refractivity contribution in [2.24, 2.45) is 5.92 Å². The molecule has 0 aliphatic heterocycles. The van der Waals surface area contributed by atoms with Gasteiger partial charge in [-0.05, 0) is 59.7 Å². The topological polar surface area (TPSA) is 37.9 Å². The molecule has 0 radical (unpaired) electrons. The van der Waals surface area contributed by atoms with Gasteiger partial charge in [0, 0.05) is 12.0 Å². The number of rotatable bonds is 7. The van der Waals surface area contributed by atoms with Gasteiger partial charge < -0.3 is 9.72 Å². The van der Waals surface area contributed by atoms with Crippen molar-refractivity contribution in [1.29, 1.82) is 0 Å². The van der Waals surface area contributed by atoms with Gasteiger partial charge in [0.2, 0.25) is 0 Å². The molecule has 174 valence electrons. The number of halogens is 2. The van der Waals surface area contributed by atoms with E-state index < -0.39 is 0 Å². The van der Waals surface area contributed by atoms with E-state index in [2.05, 4.69) is 58.5 Å². The maximum absolute atomic E-state index is 6.34. The van der Waals surface area contributed by atoms with Crippen LogP contribution in [0.25, 0.3) is 22.4 Å². The molecule has 1 aliphatic carbocycles. The van der Waals surface area contributed by atoms with Gasteiger partial charge in [0.05, 0.1) is 28.5 Å². The Balaban J connectivity index is 1.24. The van der Waals surface area contributed by atoms with Crippen LogP contribution in [-0.4, -0.2) is 16.6 Å². The molecule has 0 spiro atoms. The number of hydrogen-bond donors (Lipinski definition) is 1. The lowest BCUT2D eigenvalue weighted by Gasteiger charge is -2.21. The van der Waals surface area contributed by atoms with Crippen molar-refractivity contribution in [3.63, 3.8) is 0 Å². The van der Waals surface area contributed by atoms with Gasteiger partial charge in [-0.15, -0.1) is 0 Å². The van der Waals surface area contributed by atoms with E-state index in [0.29, 0.717) is 22.4 Å². The Bertz CT molecular complexity index is 1220. The fourth-order valence-corrected chi connectivity index (χ4v) is 5.28. The average Bonchev–Trinajstić information content (AvgIpc) is 3.32. The van der Waals surface area contributed by atoms with E-state index in [1.54, 1.807) is 6.20 Å². The highest BCUT2D eigenvalue weighted by Gasteiger charge is 2.14. The summed E-state index contributed by atoms with van der Waals surface area (Å²) in [4.78, 5) is 7.89. The summed E-state index contributed by atoms with van der Waals surface area (Å²) < 4.78 is 6.13. The quantitative estimate of drug-likeness (QED) is 0.281. The lowest BCUT2D eigenvalue weighted by Crippen LogP contribution is -2.15. The highest BCUT2D eigenvalue weighted by atomic mass is 35.5. The van der Waals surface area contributed by atoms with Crippen LogP contribution in [0.5, 0.6) is 5.75 Å². The van der Waals surface area contributed by atoms with Gasteiger partial charge in [0.15, 0.2) is 0 Å². The number of aromatic amines is 1. The molecule has 1 fully saturated rings. The van der Waals surface area contributed by atoms with Crippen molar-refractivity contribution in [2.45, 2.75) is 38.5 Å². The molecule has 1 aromatic heterocycles. The maximum atomic E-state index is 6.34. The second kappa shape index (κ2) is 10.7. The van der Waals surface area contributed by atoms with Gasteiger partial charge in [0.1, 0.15) is 11.6 Å². The molecule has 3 aromatic carbocycles. The van der Waals surface area contributed by atoms with Crippen LogP contribution in [0.1, 0.15) is 43.5 Å². The van der Waals surface area contributed by atoms with Crippen molar-refractivity contribution in [1.82, 2.24) is 9.97 Å². The molecule has 0 amide bonds. The number of nitrogens with one attached hydrogen (secondary N) is 1. The van der Waals surface area contributed by atoms with Crippen LogP contribution in [0.2, 0.25) is 10.0 Å². The van der Waals surface area contributed by atoms with E-state index in [9.17, 15) is 0 Å². The summed E-state index contributed by atoms with van der Waals surface area (Å²) in [6, 6.07) is 22.5. The molecule has 34 heavy (non-hydrogen) atoms. The number of ether oxygens (including phenoxy) is 1. The van der Waals surface area contributed by atoms with Gasteiger partial charge in [-0.1, -0.05) is 84.9 Å². The normalized spacial score (nSPS) is 14.3. The summed E-state index contributed by atoms with van der Waals surface area (Å²) in [7, 11) is 0. The number of imidazole rings is 1. The minimum absolute atomic E-state index is 0.608. The van der Waals surface area contributed by atoms with Crippen LogP contribution in [0, 0.1) is 5.92 Å². The molecule has 0 unspecified atom stereocenters. The summed E-state index contributed by atoms with van der Waals surface area (Å²) in [5.41, 5.74) is 5.13. The van der Waals surface area contributed by atoms with Crippen LogP contribution in [-0.2, 0) is 6.42 Å². The van der Waals surface area contributed by atoms with Gasteiger partial charge in [-0.2, -0.15) is 0 Å². The molecule has 1 N–H and O–H groups in total. The van der Waals surface area contributed by atoms with Crippen molar-refractivity contribution in [2.75, 3.05) is 6.61 Å². The molecule has 4 aromatic rings. The van der Waals surface area contributed by atoms with Gasteiger partial charge in [0.25, 0.3) is 0 Å². The fourth-order valence-electron chi connectivity index (χ4n) is 4.68. The molecule has 1 aliphatic rings. The zero-order chi connectivity index (χ0) is 23.3. The van der Waals surface area contributed by atoms with Crippen LogP contribution >= 0.6 is 23.2 Å². The first kappa shape index (κ1) is 23.0.